The van der Waals surface area contributed by atoms with Gasteiger partial charge >= 0.3 is 5.91 Å². The van der Waals surface area contributed by atoms with E-state index in [4.69, 9.17) is 9.15 Å². The number of ether oxygens (including phenoxy) is 1. The summed E-state index contributed by atoms with van der Waals surface area (Å²) in [5, 5.41) is 4.96. The average molecular weight is 350 g/mol. The number of benzene rings is 2. The molecule has 26 heavy (non-hydrogen) atoms. The number of hydrazone groups is 1. The first-order valence-electron chi connectivity index (χ1n) is 8.50. The summed E-state index contributed by atoms with van der Waals surface area (Å²) in [6, 6.07) is 13.2. The third-order valence-corrected chi connectivity index (χ3v) is 4.26. The number of para-hydroxylation sites is 1. The van der Waals surface area contributed by atoms with Crippen molar-refractivity contribution < 1.29 is 13.9 Å². The summed E-state index contributed by atoms with van der Waals surface area (Å²) >= 11 is 0. The van der Waals surface area contributed by atoms with Crippen molar-refractivity contribution in [2.24, 2.45) is 5.10 Å². The summed E-state index contributed by atoms with van der Waals surface area (Å²) in [5.74, 6) is 1.04. The Balaban J connectivity index is 1.77. The SMILES string of the molecule is COc1cc(C)c(/C=N/NC(=O)c2cc3ccccc3o2)cc1C(C)C. The van der Waals surface area contributed by atoms with Crippen LogP contribution in [0.1, 0.15) is 47.0 Å². The van der Waals surface area contributed by atoms with Crippen molar-refractivity contribution in [1.82, 2.24) is 5.43 Å². The van der Waals surface area contributed by atoms with Crippen molar-refractivity contribution in [1.29, 1.82) is 0 Å². The molecule has 0 aliphatic rings. The largest absolute Gasteiger partial charge is 0.496 e. The highest BCUT2D eigenvalue weighted by Gasteiger charge is 2.12. The van der Waals surface area contributed by atoms with E-state index >= 15 is 0 Å². The Hall–Kier alpha value is -3.08. The van der Waals surface area contributed by atoms with Crippen LogP contribution in [-0.4, -0.2) is 19.2 Å². The number of carbonyl (C=O) groups excluding carboxylic acids is 1. The quantitative estimate of drug-likeness (QED) is 0.539. The molecular formula is C21H22N2O3. The van der Waals surface area contributed by atoms with Crippen molar-refractivity contribution in [2.75, 3.05) is 7.11 Å². The molecule has 134 valence electrons. The van der Waals surface area contributed by atoms with Crippen LogP contribution in [0.4, 0.5) is 0 Å². The summed E-state index contributed by atoms with van der Waals surface area (Å²) in [5.41, 5.74) is 6.25. The maximum absolute atomic E-state index is 12.2. The molecule has 0 atom stereocenters. The number of carbonyl (C=O) groups is 1. The van der Waals surface area contributed by atoms with E-state index in [2.05, 4.69) is 24.4 Å². The van der Waals surface area contributed by atoms with Gasteiger partial charge in [0.1, 0.15) is 11.3 Å². The Morgan fingerprint density at radius 1 is 1.23 bits per heavy atom. The molecule has 1 N–H and O–H groups in total. The van der Waals surface area contributed by atoms with Gasteiger partial charge in [-0.25, -0.2) is 5.43 Å². The van der Waals surface area contributed by atoms with E-state index in [0.29, 0.717) is 11.5 Å². The van der Waals surface area contributed by atoms with Crippen LogP contribution in [0.25, 0.3) is 11.0 Å². The molecule has 0 saturated carbocycles. The number of aryl methyl sites for hydroxylation is 1. The lowest BCUT2D eigenvalue weighted by atomic mass is 9.97. The van der Waals surface area contributed by atoms with Crippen molar-refractivity contribution in [2.45, 2.75) is 26.7 Å². The van der Waals surface area contributed by atoms with Crippen LogP contribution in [0.2, 0.25) is 0 Å². The zero-order valence-corrected chi connectivity index (χ0v) is 15.4. The van der Waals surface area contributed by atoms with Gasteiger partial charge in [0.25, 0.3) is 0 Å². The van der Waals surface area contributed by atoms with Gasteiger partial charge in [-0.1, -0.05) is 32.0 Å². The Labute approximate surface area is 152 Å². The predicted molar refractivity (Wildman–Crippen MR) is 103 cm³/mol. The van der Waals surface area contributed by atoms with Gasteiger partial charge in [0, 0.05) is 5.39 Å². The normalized spacial score (nSPS) is 11.4. The lowest BCUT2D eigenvalue weighted by molar-refractivity contribution is 0.0929. The van der Waals surface area contributed by atoms with Crippen molar-refractivity contribution in [3.05, 3.63) is 64.9 Å². The predicted octanol–water partition coefficient (Wildman–Crippen LogP) is 4.64. The fourth-order valence-electron chi connectivity index (χ4n) is 2.79. The molecule has 0 spiro atoms. The third kappa shape index (κ3) is 3.61. The number of amides is 1. The van der Waals surface area contributed by atoms with E-state index in [9.17, 15) is 4.79 Å². The van der Waals surface area contributed by atoms with Crippen LogP contribution in [-0.2, 0) is 0 Å². The fourth-order valence-corrected chi connectivity index (χ4v) is 2.79. The molecule has 0 radical (unpaired) electrons. The minimum atomic E-state index is -0.382. The molecule has 1 heterocycles. The summed E-state index contributed by atoms with van der Waals surface area (Å²) in [7, 11) is 1.67. The lowest BCUT2D eigenvalue weighted by Gasteiger charge is -2.14. The van der Waals surface area contributed by atoms with E-state index in [1.165, 1.54) is 0 Å². The molecule has 5 nitrogen and oxygen atoms in total. The van der Waals surface area contributed by atoms with Gasteiger partial charge in [0.15, 0.2) is 5.76 Å². The first-order chi connectivity index (χ1) is 12.5. The van der Waals surface area contributed by atoms with Crippen LogP contribution in [0.15, 0.2) is 52.0 Å². The molecule has 0 aliphatic carbocycles. The topological polar surface area (TPSA) is 63.8 Å². The second-order valence-electron chi connectivity index (χ2n) is 6.45. The van der Waals surface area contributed by atoms with Crippen molar-refractivity contribution in [3.8, 4) is 5.75 Å². The number of fused-ring (bicyclic) bond motifs is 1. The number of rotatable bonds is 5. The molecule has 0 bridgehead atoms. The summed E-state index contributed by atoms with van der Waals surface area (Å²) in [6.45, 7) is 6.20. The van der Waals surface area contributed by atoms with Gasteiger partial charge in [-0.05, 0) is 53.8 Å². The van der Waals surface area contributed by atoms with Gasteiger partial charge in [0.05, 0.1) is 13.3 Å². The molecule has 1 amide bonds. The zero-order chi connectivity index (χ0) is 18.7. The Morgan fingerprint density at radius 2 is 2.00 bits per heavy atom. The molecule has 1 aromatic heterocycles. The van der Waals surface area contributed by atoms with Crippen LogP contribution in [0, 0.1) is 6.92 Å². The van der Waals surface area contributed by atoms with E-state index in [1.54, 1.807) is 19.4 Å². The standard InChI is InChI=1S/C21H22N2O3/c1-13(2)17-10-16(14(3)9-19(17)25-4)12-22-23-21(24)20-11-15-7-5-6-8-18(15)26-20/h5-13H,1-4H3,(H,23,24)/b22-12+. The first kappa shape index (κ1) is 17.7. The number of furan rings is 1. The molecule has 2 aromatic carbocycles. The first-order valence-corrected chi connectivity index (χ1v) is 8.50. The molecule has 5 heteroatoms. The number of nitrogens with one attached hydrogen (secondary N) is 1. The number of hydrogen-bond acceptors (Lipinski definition) is 4. The van der Waals surface area contributed by atoms with E-state index in [1.807, 2.05) is 43.3 Å². The summed E-state index contributed by atoms with van der Waals surface area (Å²) in [4.78, 5) is 12.2. The Kier molecular flexibility index (Phi) is 5.07. The molecule has 3 aromatic rings. The van der Waals surface area contributed by atoms with Gasteiger partial charge < -0.3 is 9.15 Å². The Bertz CT molecular complexity index is 938. The molecular weight excluding hydrogens is 328 g/mol. The fraction of sp³-hybridized carbons (Fsp3) is 0.238. The monoisotopic (exact) mass is 350 g/mol. The van der Waals surface area contributed by atoms with Gasteiger partial charge in [-0.2, -0.15) is 5.10 Å². The van der Waals surface area contributed by atoms with Crippen LogP contribution in [0.3, 0.4) is 0 Å². The maximum Gasteiger partial charge on any atom is 0.307 e. The summed E-state index contributed by atoms with van der Waals surface area (Å²) < 4.78 is 11.0. The number of nitrogens with zero attached hydrogens (tertiary/aromatic N) is 1. The Morgan fingerprint density at radius 3 is 2.69 bits per heavy atom. The van der Waals surface area contributed by atoms with E-state index in [-0.39, 0.29) is 11.7 Å². The minimum Gasteiger partial charge on any atom is -0.496 e. The molecule has 0 aliphatic heterocycles. The van der Waals surface area contributed by atoms with E-state index < -0.39 is 0 Å². The molecule has 0 unspecified atom stereocenters. The second kappa shape index (κ2) is 7.44. The molecule has 3 rings (SSSR count). The minimum absolute atomic E-state index is 0.234. The second-order valence-corrected chi connectivity index (χ2v) is 6.45. The highest BCUT2D eigenvalue weighted by atomic mass is 16.5. The summed E-state index contributed by atoms with van der Waals surface area (Å²) in [6.07, 6.45) is 1.64. The maximum atomic E-state index is 12.2. The number of hydrogen-bond donors (Lipinski definition) is 1. The van der Waals surface area contributed by atoms with Gasteiger partial charge in [-0.15, -0.1) is 0 Å². The van der Waals surface area contributed by atoms with Crippen LogP contribution < -0.4 is 10.2 Å². The molecule has 0 fully saturated rings. The highest BCUT2D eigenvalue weighted by Crippen LogP contribution is 2.29. The number of methoxy groups -OCH3 is 1. The highest BCUT2D eigenvalue weighted by molar-refractivity contribution is 5.96. The van der Waals surface area contributed by atoms with Crippen LogP contribution in [0.5, 0.6) is 5.75 Å². The third-order valence-electron chi connectivity index (χ3n) is 4.26. The molecule has 0 saturated heterocycles. The smallest absolute Gasteiger partial charge is 0.307 e. The van der Waals surface area contributed by atoms with Crippen molar-refractivity contribution in [3.63, 3.8) is 0 Å². The van der Waals surface area contributed by atoms with Gasteiger partial charge in [-0.3, -0.25) is 4.79 Å². The van der Waals surface area contributed by atoms with E-state index in [0.717, 1.165) is 27.8 Å². The lowest BCUT2D eigenvalue weighted by Crippen LogP contribution is -2.16. The van der Waals surface area contributed by atoms with Crippen LogP contribution >= 0.6 is 0 Å². The average Bonchev–Trinajstić information content (AvgIpc) is 3.06. The van der Waals surface area contributed by atoms with Crippen molar-refractivity contribution >= 4 is 23.1 Å². The zero-order valence-electron chi connectivity index (χ0n) is 15.4. The van der Waals surface area contributed by atoms with Gasteiger partial charge in [0.2, 0.25) is 0 Å².